The lowest BCUT2D eigenvalue weighted by atomic mass is 9.77. The summed E-state index contributed by atoms with van der Waals surface area (Å²) in [6.07, 6.45) is -0.390. The van der Waals surface area contributed by atoms with Gasteiger partial charge in [-0.05, 0) is 47.7 Å². The molecule has 0 saturated heterocycles. The van der Waals surface area contributed by atoms with Gasteiger partial charge in [0.05, 0.1) is 31.6 Å². The van der Waals surface area contributed by atoms with E-state index in [1.165, 1.54) is 13.2 Å². The number of thiocyanates is 1. The Bertz CT molecular complexity index is 1820. The normalized spacial score (nSPS) is 15.0. The summed E-state index contributed by atoms with van der Waals surface area (Å²) < 4.78 is 38.1. The smallest absolute Gasteiger partial charge is 0.340 e. The minimum absolute atomic E-state index is 0.00706. The van der Waals surface area contributed by atoms with E-state index in [1.807, 2.05) is 5.40 Å². The van der Waals surface area contributed by atoms with E-state index in [9.17, 15) is 24.4 Å². The molecule has 1 spiro atoms. The Hall–Kier alpha value is -5.40. The number of nitrogens with zero attached hydrogens (tertiary/aromatic N) is 1. The first-order valence-corrected chi connectivity index (χ1v) is 16.0. The summed E-state index contributed by atoms with van der Waals surface area (Å²) in [7, 11) is 1.48. The maximum Gasteiger partial charge on any atom is 0.340 e. The molecular weight excluding hydrogens is 674 g/mol. The van der Waals surface area contributed by atoms with Gasteiger partial charge in [-0.1, -0.05) is 24.8 Å². The van der Waals surface area contributed by atoms with E-state index >= 15 is 0 Å². The molecule has 0 saturated carbocycles. The topological polar surface area (TPSA) is 175 Å². The molecule has 5 rings (SSSR count). The largest absolute Gasteiger partial charge is 0.465 e. The van der Waals surface area contributed by atoms with Crippen LogP contribution in [0.4, 0.5) is 0 Å². The van der Waals surface area contributed by atoms with E-state index in [1.54, 1.807) is 48.5 Å². The average molecular weight is 706 g/mol. The second-order valence-electron chi connectivity index (χ2n) is 10.7. The van der Waals surface area contributed by atoms with Crippen molar-refractivity contribution in [3.8, 4) is 22.6 Å². The van der Waals surface area contributed by atoms with E-state index in [-0.39, 0.29) is 69.7 Å². The van der Waals surface area contributed by atoms with E-state index in [0.717, 1.165) is 11.8 Å². The third-order valence-corrected chi connectivity index (χ3v) is 7.93. The second-order valence-corrected chi connectivity index (χ2v) is 11.5. The molecule has 0 bridgehead atoms. The van der Waals surface area contributed by atoms with Crippen LogP contribution >= 0.6 is 11.8 Å². The number of hydrogen-bond acceptors (Lipinski definition) is 15. The molecule has 3 aromatic carbocycles. The molecule has 260 valence electrons. The summed E-state index contributed by atoms with van der Waals surface area (Å²) in [6, 6.07) is 15.1. The lowest BCUT2D eigenvalue weighted by molar-refractivity contribution is -0.271. The van der Waals surface area contributed by atoms with Gasteiger partial charge in [-0.25, -0.2) is 4.79 Å². The molecule has 0 radical (unpaired) electrons. The molecule has 0 aromatic heterocycles. The molecule has 14 nitrogen and oxygen atoms in total. The van der Waals surface area contributed by atoms with Gasteiger partial charge in [-0.2, -0.15) is 10.1 Å². The van der Waals surface area contributed by atoms with Gasteiger partial charge in [0.25, 0.3) is 6.47 Å². The molecule has 0 amide bonds. The highest BCUT2D eigenvalue weighted by Crippen LogP contribution is 2.57. The second kappa shape index (κ2) is 16.8. The van der Waals surface area contributed by atoms with Crippen molar-refractivity contribution in [2.75, 3.05) is 40.1 Å². The van der Waals surface area contributed by atoms with Gasteiger partial charge in [0.2, 0.25) is 0 Å². The number of benzene rings is 3. The maximum atomic E-state index is 13.4. The summed E-state index contributed by atoms with van der Waals surface area (Å²) in [4.78, 5) is 58.6. The van der Waals surface area contributed by atoms with Crippen LogP contribution in [0, 0.1) is 10.7 Å². The minimum atomic E-state index is -1.42. The van der Waals surface area contributed by atoms with Crippen molar-refractivity contribution in [1.29, 1.82) is 5.26 Å². The van der Waals surface area contributed by atoms with Crippen LogP contribution in [0.3, 0.4) is 0 Å². The fourth-order valence-corrected chi connectivity index (χ4v) is 5.68. The fourth-order valence-electron chi connectivity index (χ4n) is 5.26. The number of rotatable bonds is 18. The number of hydrogen-bond donors (Lipinski definition) is 0. The molecule has 1 atom stereocenters. The molecule has 2 aliphatic heterocycles. The number of ether oxygens (including phenoxy) is 7. The molecule has 2 heterocycles. The Morgan fingerprint density at radius 3 is 2.50 bits per heavy atom. The summed E-state index contributed by atoms with van der Waals surface area (Å²) in [5.41, 5.74) is 1.13. The van der Waals surface area contributed by atoms with Gasteiger partial charge in [0, 0.05) is 34.8 Å². The van der Waals surface area contributed by atoms with Crippen molar-refractivity contribution in [3.63, 3.8) is 0 Å². The van der Waals surface area contributed by atoms with Crippen LogP contribution in [0.25, 0.3) is 0 Å². The van der Waals surface area contributed by atoms with Crippen molar-refractivity contribution < 1.29 is 62.1 Å². The van der Waals surface area contributed by atoms with Gasteiger partial charge in [0.15, 0.2) is 11.4 Å². The lowest BCUT2D eigenvalue weighted by Crippen LogP contribution is -2.33. The Balaban J connectivity index is 1.38. The summed E-state index contributed by atoms with van der Waals surface area (Å²) in [5.74, 6) is -0.869. The highest BCUT2D eigenvalue weighted by atomic mass is 32.2. The summed E-state index contributed by atoms with van der Waals surface area (Å²) in [5, 5.41) is 11.2. The number of fused-ring (bicyclic) bond motifs is 6. The van der Waals surface area contributed by atoms with Crippen LogP contribution in [-0.4, -0.2) is 64.5 Å². The van der Waals surface area contributed by atoms with E-state index < -0.39 is 23.5 Å². The summed E-state index contributed by atoms with van der Waals surface area (Å²) in [6.45, 7) is 4.48. The molecule has 0 fully saturated rings. The van der Waals surface area contributed by atoms with Crippen molar-refractivity contribution >= 4 is 36.1 Å². The zero-order valence-corrected chi connectivity index (χ0v) is 27.6. The van der Waals surface area contributed by atoms with E-state index in [2.05, 4.69) is 11.3 Å². The van der Waals surface area contributed by atoms with Crippen molar-refractivity contribution in [3.05, 3.63) is 94.8 Å². The number of esters is 3. The Morgan fingerprint density at radius 1 is 0.960 bits per heavy atom. The molecule has 1 unspecified atom stereocenters. The third-order valence-electron chi connectivity index (χ3n) is 7.35. The van der Waals surface area contributed by atoms with Crippen molar-refractivity contribution in [2.45, 2.75) is 29.9 Å². The predicted molar refractivity (Wildman–Crippen MR) is 172 cm³/mol. The highest BCUT2D eigenvalue weighted by Gasteiger charge is 2.53. The maximum absolute atomic E-state index is 13.4. The summed E-state index contributed by atoms with van der Waals surface area (Å²) >= 11 is 0.921. The third kappa shape index (κ3) is 8.24. The van der Waals surface area contributed by atoms with Crippen LogP contribution in [0.2, 0.25) is 0 Å². The quantitative estimate of drug-likeness (QED) is 0.0168. The monoisotopic (exact) mass is 705 g/mol. The Morgan fingerprint density at radius 2 is 1.72 bits per heavy atom. The minimum Gasteiger partial charge on any atom is -0.465 e. The molecule has 2 aliphatic rings. The first kappa shape index (κ1) is 35.9. The number of thioether (sulfide) groups is 1. The number of carbonyl (C=O) groups is 4. The number of carbonyl (C=O) groups excluding carboxylic acids is 4. The standard InChI is InChI=1S/C35H31NO13S/c1-22(49-45-14-12-42-21-37)18-43-19-23-3-6-28-30(15-23)47-31-16-24(46-33(39)10-9-32(38)44-13-11-41-2)4-7-29(31)35(28)27-8-5-25(50-20-36)17-26(27)34(40)48-35/h3-8,15-17,21H,1,9-14,18-19H2,2H3. The first-order valence-electron chi connectivity index (χ1n) is 15.1. The molecular formula is C35H31NO13S. The van der Waals surface area contributed by atoms with E-state index in [0.29, 0.717) is 44.9 Å². The Kier molecular flexibility index (Phi) is 12.1. The highest BCUT2D eigenvalue weighted by molar-refractivity contribution is 8.03. The van der Waals surface area contributed by atoms with Crippen molar-refractivity contribution in [2.24, 2.45) is 0 Å². The number of methoxy groups -OCH3 is 1. The van der Waals surface area contributed by atoms with Crippen molar-refractivity contribution in [1.82, 2.24) is 0 Å². The van der Waals surface area contributed by atoms with Crippen LogP contribution in [-0.2, 0) is 60.1 Å². The molecule has 15 heteroatoms. The molecule has 0 N–H and O–H groups in total. The molecule has 50 heavy (non-hydrogen) atoms. The average Bonchev–Trinajstić information content (AvgIpc) is 3.38. The lowest BCUT2D eigenvalue weighted by Gasteiger charge is -2.36. The first-order chi connectivity index (χ1) is 24.3. The predicted octanol–water partition coefficient (Wildman–Crippen LogP) is 4.85. The zero-order chi connectivity index (χ0) is 35.5. The van der Waals surface area contributed by atoms with Gasteiger partial charge >= 0.3 is 17.9 Å². The molecule has 3 aromatic rings. The van der Waals surface area contributed by atoms with Crippen LogP contribution in [0.5, 0.6) is 17.2 Å². The Labute approximate surface area is 290 Å². The fraction of sp³-hybridized carbons (Fsp3) is 0.286. The van der Waals surface area contributed by atoms with Crippen LogP contribution < -0.4 is 9.47 Å². The van der Waals surface area contributed by atoms with Gasteiger partial charge < -0.3 is 38.0 Å². The molecule has 0 aliphatic carbocycles. The number of nitriles is 1. The van der Waals surface area contributed by atoms with Crippen LogP contribution in [0.15, 0.2) is 71.8 Å². The van der Waals surface area contributed by atoms with Gasteiger partial charge in [-0.15, -0.1) is 0 Å². The van der Waals surface area contributed by atoms with Crippen LogP contribution in [0.1, 0.15) is 45.5 Å². The van der Waals surface area contributed by atoms with Gasteiger partial charge in [-0.3, -0.25) is 14.4 Å². The zero-order valence-electron chi connectivity index (χ0n) is 26.8. The van der Waals surface area contributed by atoms with Gasteiger partial charge in [0.1, 0.15) is 49.1 Å². The SMILES string of the molecule is C=C(COCc1ccc2c(c1)Oc1cc(OC(=O)CCC(=O)OCCOC)ccc1C21OC(=O)c2cc(SC#N)ccc21)OOCCOC=O. The van der Waals surface area contributed by atoms with E-state index in [4.69, 9.17) is 38.2 Å².